The first-order valence-electron chi connectivity index (χ1n) is 10.7. The average Bonchev–Trinajstić information content (AvgIpc) is 3.29. The third-order valence-corrected chi connectivity index (χ3v) is 4.31. The van der Waals surface area contributed by atoms with Gasteiger partial charge in [0.15, 0.2) is 11.7 Å². The van der Waals surface area contributed by atoms with Gasteiger partial charge in [0, 0.05) is 30.1 Å². The van der Waals surface area contributed by atoms with Crippen molar-refractivity contribution in [1.29, 1.82) is 0 Å². The summed E-state index contributed by atoms with van der Waals surface area (Å²) in [6.45, 7) is 7.66. The van der Waals surface area contributed by atoms with Crippen LogP contribution in [-0.2, 0) is 6.54 Å². The quantitative estimate of drug-likeness (QED) is 0.136. The molecule has 2 rings (SSSR count). The van der Waals surface area contributed by atoms with Crippen LogP contribution >= 0.6 is 0 Å². The van der Waals surface area contributed by atoms with Crippen LogP contribution < -0.4 is 17.4 Å². The zero-order valence-electron chi connectivity index (χ0n) is 21.3. The van der Waals surface area contributed by atoms with Gasteiger partial charge in [0.1, 0.15) is 11.6 Å². The van der Waals surface area contributed by atoms with Gasteiger partial charge in [0.2, 0.25) is 0 Å². The Morgan fingerprint density at radius 3 is 2.31 bits per heavy atom. The number of anilines is 1. The van der Waals surface area contributed by atoms with Gasteiger partial charge in [0.25, 0.3) is 0 Å². The minimum Gasteiger partial charge on any atom is -0.383 e. The Morgan fingerprint density at radius 1 is 1.23 bits per heavy atom. The minimum atomic E-state index is -1.03. The number of pyridine rings is 1. The van der Waals surface area contributed by atoms with Gasteiger partial charge in [-0.15, -0.1) is 12.3 Å². The molecule has 2 aromatic rings. The van der Waals surface area contributed by atoms with Crippen molar-refractivity contribution in [3.8, 4) is 23.5 Å². The largest absolute Gasteiger partial charge is 0.383 e. The van der Waals surface area contributed by atoms with Crippen LogP contribution in [0.1, 0.15) is 33.3 Å². The Bertz CT molecular complexity index is 1030. The predicted molar refractivity (Wildman–Crippen MR) is 140 cm³/mol. The zero-order chi connectivity index (χ0) is 27.0. The van der Waals surface area contributed by atoms with Crippen molar-refractivity contribution in [2.75, 3.05) is 32.9 Å². The maximum Gasteiger partial charge on any atom is 0.173 e. The van der Waals surface area contributed by atoms with E-state index >= 15 is 0 Å². The van der Waals surface area contributed by atoms with Crippen molar-refractivity contribution in [1.82, 2.24) is 24.7 Å². The first-order chi connectivity index (χ1) is 16.6. The van der Waals surface area contributed by atoms with Gasteiger partial charge in [-0.2, -0.15) is 10.2 Å². The van der Waals surface area contributed by atoms with Crippen molar-refractivity contribution >= 4 is 11.7 Å². The number of aromatic nitrogens is 3. The van der Waals surface area contributed by atoms with Crippen LogP contribution in [0.2, 0.25) is 0 Å². The van der Waals surface area contributed by atoms with Gasteiger partial charge in [-0.3, -0.25) is 9.69 Å². The summed E-state index contributed by atoms with van der Waals surface area (Å²) in [5, 5.41) is 8.77. The SMILES string of the molecule is C#CC.C/C(F)=C(/F)CN(N)/C(=N\N)c1cc(-c2cnn(CCN(C)C)c2)cnc1N.C/C=C\C. The average molecular weight is 490 g/mol. The number of hydrazone groups is 1. The van der Waals surface area contributed by atoms with Gasteiger partial charge in [-0.05, 0) is 47.9 Å². The van der Waals surface area contributed by atoms with Crippen LogP contribution in [0.25, 0.3) is 11.1 Å². The molecule has 0 radical (unpaired) electrons. The molecule has 6 N–H and O–H groups in total. The number of nitrogens with zero attached hydrogens (tertiary/aromatic N) is 6. The predicted octanol–water partition coefficient (Wildman–Crippen LogP) is 3.28. The van der Waals surface area contributed by atoms with Crippen LogP contribution in [-0.4, -0.2) is 57.7 Å². The standard InChI is InChI=1S/C17H25F2N9.C4H8.C3H4/c1-11(18)15(19)10-28(22)17(25-21)14-6-12(7-23-16(14)20)13-8-24-27(9-13)5-4-26(2)3;1-3-4-2;1-3-2/h6-9H,4-5,10,21-22H2,1-3H3,(H2,20,23);3-4H,1-2H3;1H,2H3/b15-11-,25-17-;4-3-;. The summed E-state index contributed by atoms with van der Waals surface area (Å²) in [6, 6.07) is 1.67. The minimum absolute atomic E-state index is 0.0248. The van der Waals surface area contributed by atoms with Crippen molar-refractivity contribution < 1.29 is 8.78 Å². The molecule has 9 nitrogen and oxygen atoms in total. The second-order valence-electron chi connectivity index (χ2n) is 7.43. The Kier molecular flexibility index (Phi) is 15.0. The monoisotopic (exact) mass is 489 g/mol. The van der Waals surface area contributed by atoms with Crippen molar-refractivity contribution in [3.05, 3.63) is 54.0 Å². The molecule has 0 atom stereocenters. The van der Waals surface area contributed by atoms with Crippen molar-refractivity contribution in [2.45, 2.75) is 34.2 Å². The van der Waals surface area contributed by atoms with Crippen LogP contribution in [0.5, 0.6) is 0 Å². The van der Waals surface area contributed by atoms with Gasteiger partial charge < -0.3 is 16.5 Å². The van der Waals surface area contributed by atoms with E-state index in [1.54, 1.807) is 25.4 Å². The first kappa shape index (κ1) is 31.2. The smallest absolute Gasteiger partial charge is 0.173 e. The highest BCUT2D eigenvalue weighted by molar-refractivity contribution is 6.02. The molecule has 35 heavy (non-hydrogen) atoms. The molecule has 0 aliphatic carbocycles. The number of allylic oxidation sites excluding steroid dienone is 3. The van der Waals surface area contributed by atoms with E-state index in [1.165, 1.54) is 0 Å². The van der Waals surface area contributed by atoms with Gasteiger partial charge in [-0.25, -0.2) is 19.6 Å². The summed E-state index contributed by atoms with van der Waals surface area (Å²) in [4.78, 5) is 6.19. The van der Waals surface area contributed by atoms with E-state index in [0.717, 1.165) is 30.6 Å². The molecule has 0 aromatic carbocycles. The molecule has 0 amide bonds. The molecule has 0 fully saturated rings. The molecule has 192 valence electrons. The van der Waals surface area contributed by atoms with E-state index in [2.05, 4.69) is 32.4 Å². The van der Waals surface area contributed by atoms with Crippen molar-refractivity contribution in [2.24, 2.45) is 16.8 Å². The van der Waals surface area contributed by atoms with E-state index in [4.69, 9.17) is 17.4 Å². The molecule has 0 saturated heterocycles. The maximum absolute atomic E-state index is 13.6. The number of hydrazine groups is 1. The van der Waals surface area contributed by atoms with Crippen LogP contribution in [0, 0.1) is 12.3 Å². The summed E-state index contributed by atoms with van der Waals surface area (Å²) in [5.41, 5.74) is 7.73. The van der Waals surface area contributed by atoms with Crippen LogP contribution in [0.3, 0.4) is 0 Å². The summed E-state index contributed by atoms with van der Waals surface area (Å²) in [5.74, 6) is 11.5. The van der Waals surface area contributed by atoms with E-state index in [0.29, 0.717) is 11.1 Å². The van der Waals surface area contributed by atoms with E-state index < -0.39 is 18.2 Å². The lowest BCUT2D eigenvalue weighted by atomic mass is 10.1. The maximum atomic E-state index is 13.6. The highest BCUT2D eigenvalue weighted by Gasteiger charge is 2.18. The Morgan fingerprint density at radius 2 is 1.83 bits per heavy atom. The normalized spacial score (nSPS) is 11.7. The number of halogens is 2. The van der Waals surface area contributed by atoms with E-state index in [-0.39, 0.29) is 11.7 Å². The lowest BCUT2D eigenvalue weighted by Gasteiger charge is -2.20. The van der Waals surface area contributed by atoms with Gasteiger partial charge in [0.05, 0.1) is 24.8 Å². The van der Waals surface area contributed by atoms with Crippen LogP contribution in [0.15, 0.2) is 53.6 Å². The Hall–Kier alpha value is -3.75. The molecular weight excluding hydrogens is 452 g/mol. The molecule has 2 aromatic heterocycles. The number of hydrogen-bond donors (Lipinski definition) is 3. The first-order valence-corrected chi connectivity index (χ1v) is 10.7. The Labute approximate surface area is 206 Å². The molecule has 0 saturated carbocycles. The molecule has 2 heterocycles. The number of nitrogen functional groups attached to an aromatic ring is 1. The van der Waals surface area contributed by atoms with Gasteiger partial charge in [-0.1, -0.05) is 12.2 Å². The number of amidine groups is 1. The number of hydrogen-bond acceptors (Lipinski definition) is 7. The summed E-state index contributed by atoms with van der Waals surface area (Å²) in [7, 11) is 3.96. The van der Waals surface area contributed by atoms with Crippen LogP contribution in [0.4, 0.5) is 14.6 Å². The number of rotatable bonds is 7. The molecular formula is C24H37F2N9. The summed E-state index contributed by atoms with van der Waals surface area (Å²) >= 11 is 0. The highest BCUT2D eigenvalue weighted by Crippen LogP contribution is 2.23. The second-order valence-corrected chi connectivity index (χ2v) is 7.43. The lowest BCUT2D eigenvalue weighted by Crippen LogP contribution is -2.40. The molecule has 0 unspecified atom stereocenters. The molecule has 0 spiro atoms. The fourth-order valence-electron chi connectivity index (χ4n) is 2.38. The number of nitrogens with two attached hydrogens (primary N) is 3. The molecule has 0 bridgehead atoms. The summed E-state index contributed by atoms with van der Waals surface area (Å²) < 4.78 is 28.4. The highest BCUT2D eigenvalue weighted by atomic mass is 19.2. The fourth-order valence-corrected chi connectivity index (χ4v) is 2.38. The van der Waals surface area contributed by atoms with Crippen molar-refractivity contribution in [3.63, 3.8) is 0 Å². The van der Waals surface area contributed by atoms with Gasteiger partial charge >= 0.3 is 0 Å². The second kappa shape index (κ2) is 16.8. The number of terminal acetylenes is 1. The molecule has 11 heteroatoms. The topological polar surface area (TPSA) is 128 Å². The third-order valence-electron chi connectivity index (χ3n) is 4.31. The lowest BCUT2D eigenvalue weighted by molar-refractivity contribution is 0.373. The van der Waals surface area contributed by atoms with E-state index in [1.807, 2.05) is 51.0 Å². The third kappa shape index (κ3) is 11.3. The molecule has 0 aliphatic heterocycles. The summed E-state index contributed by atoms with van der Waals surface area (Å²) in [6.07, 6.45) is 13.7. The number of likely N-dealkylation sites (N-methyl/N-ethyl adjacent to an activating group) is 1. The van der Waals surface area contributed by atoms with E-state index in [9.17, 15) is 8.78 Å². The molecule has 0 aliphatic rings. The fraction of sp³-hybridized carbons (Fsp3) is 0.375. The Balaban J connectivity index is 0.00000146. The zero-order valence-corrected chi connectivity index (χ0v) is 21.3.